The number of amides is 2. The van der Waals surface area contributed by atoms with Crippen LogP contribution in [-0.4, -0.2) is 17.9 Å². The standard InChI is InChI=1S/C20H25FN2O2S/c1-11(2)18(23-19(24)15-6-8-16(21)9-7-15)20(25)22-13(4)17-10-12(3)26-14(17)5/h6-11,13,18H,1-5H3,(H,22,25)(H,23,24)/t13-,18-/m1/s1. The van der Waals surface area contributed by atoms with E-state index in [0.717, 1.165) is 5.56 Å². The molecule has 26 heavy (non-hydrogen) atoms. The van der Waals surface area contributed by atoms with Gasteiger partial charge < -0.3 is 10.6 Å². The molecule has 2 aromatic rings. The second-order valence-corrected chi connectivity index (χ2v) is 8.26. The molecule has 0 spiro atoms. The SMILES string of the molecule is Cc1cc([C@@H](C)NC(=O)[C@H](NC(=O)c2ccc(F)cc2)C(C)C)c(C)s1. The summed E-state index contributed by atoms with van der Waals surface area (Å²) in [6.07, 6.45) is 0. The molecule has 0 aliphatic carbocycles. The van der Waals surface area contributed by atoms with E-state index in [1.165, 1.54) is 34.0 Å². The average Bonchev–Trinajstić information content (AvgIpc) is 2.91. The Hall–Kier alpha value is -2.21. The van der Waals surface area contributed by atoms with Gasteiger partial charge in [0.2, 0.25) is 5.91 Å². The molecule has 4 nitrogen and oxygen atoms in total. The summed E-state index contributed by atoms with van der Waals surface area (Å²) in [5, 5.41) is 5.75. The number of hydrogen-bond donors (Lipinski definition) is 2. The van der Waals surface area contributed by atoms with Crippen molar-refractivity contribution in [2.45, 2.75) is 46.7 Å². The normalized spacial score (nSPS) is 13.3. The summed E-state index contributed by atoms with van der Waals surface area (Å²) in [6, 6.07) is 6.52. The number of thiophene rings is 1. The van der Waals surface area contributed by atoms with E-state index < -0.39 is 17.8 Å². The fourth-order valence-electron chi connectivity index (χ4n) is 2.82. The van der Waals surface area contributed by atoms with E-state index in [-0.39, 0.29) is 17.9 Å². The zero-order valence-corrected chi connectivity index (χ0v) is 16.5. The van der Waals surface area contributed by atoms with E-state index in [1.807, 2.05) is 34.6 Å². The van der Waals surface area contributed by atoms with Gasteiger partial charge in [0.05, 0.1) is 6.04 Å². The van der Waals surface area contributed by atoms with Crippen molar-refractivity contribution in [3.8, 4) is 0 Å². The second-order valence-electron chi connectivity index (χ2n) is 6.80. The van der Waals surface area contributed by atoms with Crippen LogP contribution in [0.3, 0.4) is 0 Å². The van der Waals surface area contributed by atoms with Crippen molar-refractivity contribution in [2.24, 2.45) is 5.92 Å². The lowest BCUT2D eigenvalue weighted by atomic mass is 10.0. The molecule has 2 rings (SSSR count). The number of hydrogen-bond acceptors (Lipinski definition) is 3. The van der Waals surface area contributed by atoms with E-state index in [4.69, 9.17) is 0 Å². The van der Waals surface area contributed by atoms with E-state index in [0.29, 0.717) is 5.56 Å². The van der Waals surface area contributed by atoms with Gasteiger partial charge in [0.25, 0.3) is 5.91 Å². The molecule has 0 bridgehead atoms. The highest BCUT2D eigenvalue weighted by molar-refractivity contribution is 7.12. The molecule has 0 radical (unpaired) electrons. The third-order valence-electron chi connectivity index (χ3n) is 4.25. The van der Waals surface area contributed by atoms with Crippen LogP contribution in [-0.2, 0) is 4.79 Å². The minimum Gasteiger partial charge on any atom is -0.348 e. The monoisotopic (exact) mass is 376 g/mol. The molecule has 6 heteroatoms. The molecule has 0 saturated carbocycles. The van der Waals surface area contributed by atoms with Gasteiger partial charge in [0.1, 0.15) is 11.9 Å². The summed E-state index contributed by atoms with van der Waals surface area (Å²) in [5.74, 6) is -1.12. The third-order valence-corrected chi connectivity index (χ3v) is 5.23. The number of halogens is 1. The molecule has 2 N–H and O–H groups in total. The molecular weight excluding hydrogens is 351 g/mol. The molecule has 0 saturated heterocycles. The molecular formula is C20H25FN2O2S. The van der Waals surface area contributed by atoms with E-state index in [2.05, 4.69) is 16.7 Å². The number of rotatable bonds is 6. The lowest BCUT2D eigenvalue weighted by Crippen LogP contribution is -2.50. The first kappa shape index (κ1) is 20.1. The Labute approximate surface area is 157 Å². The van der Waals surface area contributed by atoms with Gasteiger partial charge in [0, 0.05) is 15.3 Å². The van der Waals surface area contributed by atoms with Gasteiger partial charge in [0.15, 0.2) is 0 Å². The van der Waals surface area contributed by atoms with Gasteiger partial charge in [-0.05, 0) is 62.6 Å². The van der Waals surface area contributed by atoms with Gasteiger partial charge in [-0.1, -0.05) is 13.8 Å². The molecule has 0 unspecified atom stereocenters. The maximum absolute atomic E-state index is 13.0. The predicted octanol–water partition coefficient (Wildman–Crippen LogP) is 4.14. The fourth-order valence-corrected chi connectivity index (χ4v) is 3.84. The number of aryl methyl sites for hydroxylation is 2. The lowest BCUT2D eigenvalue weighted by molar-refractivity contribution is -0.124. The lowest BCUT2D eigenvalue weighted by Gasteiger charge is -2.24. The molecule has 1 aromatic heterocycles. The first-order valence-corrected chi connectivity index (χ1v) is 9.44. The summed E-state index contributed by atoms with van der Waals surface area (Å²) in [4.78, 5) is 27.5. The van der Waals surface area contributed by atoms with Crippen molar-refractivity contribution in [3.63, 3.8) is 0 Å². The fraction of sp³-hybridized carbons (Fsp3) is 0.400. The van der Waals surface area contributed by atoms with Crippen LogP contribution in [0.4, 0.5) is 4.39 Å². The first-order chi connectivity index (χ1) is 12.2. The Morgan fingerprint density at radius 2 is 1.65 bits per heavy atom. The molecule has 1 heterocycles. The minimum absolute atomic E-state index is 0.0862. The van der Waals surface area contributed by atoms with Crippen molar-refractivity contribution >= 4 is 23.2 Å². The number of carbonyl (C=O) groups excluding carboxylic acids is 2. The van der Waals surface area contributed by atoms with Crippen LogP contribution in [0.2, 0.25) is 0 Å². The van der Waals surface area contributed by atoms with Crippen LogP contribution in [0.1, 0.15) is 52.5 Å². The Bertz CT molecular complexity index is 784. The van der Waals surface area contributed by atoms with E-state index in [9.17, 15) is 14.0 Å². The van der Waals surface area contributed by atoms with Crippen molar-refractivity contribution in [3.05, 3.63) is 57.0 Å². The van der Waals surface area contributed by atoms with E-state index >= 15 is 0 Å². The van der Waals surface area contributed by atoms with Crippen molar-refractivity contribution in [1.82, 2.24) is 10.6 Å². The Kier molecular flexibility index (Phi) is 6.53. The second kappa shape index (κ2) is 8.45. The average molecular weight is 376 g/mol. The number of benzene rings is 1. The summed E-state index contributed by atoms with van der Waals surface area (Å²) >= 11 is 1.70. The summed E-state index contributed by atoms with van der Waals surface area (Å²) in [6.45, 7) is 9.76. The summed E-state index contributed by atoms with van der Waals surface area (Å²) < 4.78 is 13.0. The Morgan fingerprint density at radius 3 is 2.15 bits per heavy atom. The Morgan fingerprint density at radius 1 is 1.04 bits per heavy atom. The molecule has 0 aliphatic heterocycles. The highest BCUT2D eigenvalue weighted by Crippen LogP contribution is 2.26. The minimum atomic E-state index is -0.671. The van der Waals surface area contributed by atoms with Crippen LogP contribution in [0, 0.1) is 25.6 Å². The van der Waals surface area contributed by atoms with Gasteiger partial charge in [-0.25, -0.2) is 4.39 Å². The number of nitrogens with one attached hydrogen (secondary N) is 2. The first-order valence-electron chi connectivity index (χ1n) is 8.62. The van der Waals surface area contributed by atoms with Crippen LogP contribution in [0.25, 0.3) is 0 Å². The summed E-state index contributed by atoms with van der Waals surface area (Å²) in [5.41, 5.74) is 1.41. The molecule has 0 fully saturated rings. The maximum Gasteiger partial charge on any atom is 0.251 e. The largest absolute Gasteiger partial charge is 0.348 e. The van der Waals surface area contributed by atoms with Crippen molar-refractivity contribution in [2.75, 3.05) is 0 Å². The van der Waals surface area contributed by atoms with Gasteiger partial charge in [-0.2, -0.15) is 0 Å². The molecule has 0 aliphatic rings. The van der Waals surface area contributed by atoms with Crippen LogP contribution >= 0.6 is 11.3 Å². The third kappa shape index (κ3) is 4.91. The van der Waals surface area contributed by atoms with E-state index in [1.54, 1.807) is 11.3 Å². The quantitative estimate of drug-likeness (QED) is 0.796. The zero-order valence-electron chi connectivity index (χ0n) is 15.7. The van der Waals surface area contributed by atoms with Crippen LogP contribution < -0.4 is 10.6 Å². The van der Waals surface area contributed by atoms with Crippen molar-refractivity contribution in [1.29, 1.82) is 0 Å². The molecule has 1 aromatic carbocycles. The predicted molar refractivity (Wildman–Crippen MR) is 103 cm³/mol. The van der Waals surface area contributed by atoms with Gasteiger partial charge in [-0.15, -0.1) is 11.3 Å². The smallest absolute Gasteiger partial charge is 0.251 e. The van der Waals surface area contributed by atoms with Gasteiger partial charge >= 0.3 is 0 Å². The summed E-state index contributed by atoms with van der Waals surface area (Å²) in [7, 11) is 0. The Balaban J connectivity index is 2.08. The topological polar surface area (TPSA) is 58.2 Å². The molecule has 2 atom stereocenters. The van der Waals surface area contributed by atoms with Crippen LogP contribution in [0.5, 0.6) is 0 Å². The van der Waals surface area contributed by atoms with Crippen molar-refractivity contribution < 1.29 is 14.0 Å². The maximum atomic E-state index is 13.0. The number of carbonyl (C=O) groups is 2. The highest BCUT2D eigenvalue weighted by Gasteiger charge is 2.26. The molecule has 140 valence electrons. The highest BCUT2D eigenvalue weighted by atomic mass is 32.1. The molecule has 2 amide bonds. The van der Waals surface area contributed by atoms with Crippen LogP contribution in [0.15, 0.2) is 30.3 Å². The van der Waals surface area contributed by atoms with Gasteiger partial charge in [-0.3, -0.25) is 9.59 Å². The zero-order chi connectivity index (χ0) is 19.4.